The lowest BCUT2D eigenvalue weighted by Gasteiger charge is -2.22. The second-order valence-electron chi connectivity index (χ2n) is 7.08. The summed E-state index contributed by atoms with van der Waals surface area (Å²) in [5.41, 5.74) is 4.15. The van der Waals surface area contributed by atoms with Gasteiger partial charge in [-0.15, -0.1) is 0 Å². The van der Waals surface area contributed by atoms with E-state index in [1.54, 1.807) is 18.1 Å². The van der Waals surface area contributed by atoms with Gasteiger partial charge in [-0.2, -0.15) is 0 Å². The van der Waals surface area contributed by atoms with Crippen LogP contribution in [0, 0.1) is 13.8 Å². The maximum atomic E-state index is 12.4. The lowest BCUT2D eigenvalue weighted by molar-refractivity contribution is -0.117. The summed E-state index contributed by atoms with van der Waals surface area (Å²) in [7, 11) is 1.57. The first-order valence-electron chi connectivity index (χ1n) is 9.37. The highest BCUT2D eigenvalue weighted by atomic mass is 16.5. The summed E-state index contributed by atoms with van der Waals surface area (Å²) in [6, 6.07) is 9.12. The number of amides is 3. The average Bonchev–Trinajstić information content (AvgIpc) is 2.99. The van der Waals surface area contributed by atoms with Crippen LogP contribution in [0.3, 0.4) is 0 Å². The summed E-state index contributed by atoms with van der Waals surface area (Å²) >= 11 is 0. The van der Waals surface area contributed by atoms with Gasteiger partial charge in [0.25, 0.3) is 0 Å². The second kappa shape index (κ2) is 8.29. The van der Waals surface area contributed by atoms with E-state index >= 15 is 0 Å². The molecule has 0 radical (unpaired) electrons. The highest BCUT2D eigenvalue weighted by Gasteiger charge is 2.28. The van der Waals surface area contributed by atoms with Gasteiger partial charge in [0, 0.05) is 35.1 Å². The number of aryl methyl sites for hydroxylation is 2. The molecule has 1 fully saturated rings. The zero-order valence-electron chi connectivity index (χ0n) is 16.7. The molecule has 28 heavy (non-hydrogen) atoms. The molecule has 2 N–H and O–H groups in total. The smallest absolute Gasteiger partial charge is 0.319 e. The molecule has 0 unspecified atom stereocenters. The van der Waals surface area contributed by atoms with Crippen LogP contribution in [-0.4, -0.2) is 30.1 Å². The van der Waals surface area contributed by atoms with Crippen molar-refractivity contribution in [1.29, 1.82) is 0 Å². The Morgan fingerprint density at radius 1 is 1.32 bits per heavy atom. The van der Waals surface area contributed by atoms with Crippen LogP contribution < -0.4 is 20.3 Å². The van der Waals surface area contributed by atoms with Crippen LogP contribution >= 0.6 is 0 Å². The van der Waals surface area contributed by atoms with Gasteiger partial charge in [-0.05, 0) is 57.0 Å². The molecule has 0 saturated carbocycles. The lowest BCUT2D eigenvalue weighted by atomic mass is 10.1. The maximum absolute atomic E-state index is 12.4. The van der Waals surface area contributed by atoms with Crippen LogP contribution in [0.25, 0.3) is 0 Å². The van der Waals surface area contributed by atoms with Gasteiger partial charge in [0.15, 0.2) is 0 Å². The summed E-state index contributed by atoms with van der Waals surface area (Å²) in [6.45, 7) is 6.20. The number of methoxy groups -OCH3 is 1. The van der Waals surface area contributed by atoms with E-state index in [0.717, 1.165) is 28.9 Å². The zero-order valence-corrected chi connectivity index (χ0v) is 16.7. The molecule has 0 bridgehead atoms. The van der Waals surface area contributed by atoms with E-state index in [0.29, 0.717) is 24.5 Å². The third kappa shape index (κ3) is 4.24. The van der Waals surface area contributed by atoms with Gasteiger partial charge in [0.2, 0.25) is 11.8 Å². The van der Waals surface area contributed by atoms with Crippen LogP contribution in [-0.2, 0) is 11.3 Å². The molecule has 3 amide bonds. The van der Waals surface area contributed by atoms with Crippen molar-refractivity contribution < 1.29 is 14.3 Å². The van der Waals surface area contributed by atoms with E-state index in [1.165, 1.54) is 0 Å². The third-order valence-corrected chi connectivity index (χ3v) is 4.92. The summed E-state index contributed by atoms with van der Waals surface area (Å²) in [6.07, 6.45) is 1.41. The Morgan fingerprint density at radius 2 is 2.11 bits per heavy atom. The molecular formula is C21H26N4O3. The number of carbonyl (C=O) groups excluding carboxylic acids is 2. The van der Waals surface area contributed by atoms with Crippen molar-refractivity contribution in [2.24, 2.45) is 0 Å². The molecule has 7 heteroatoms. The van der Waals surface area contributed by atoms with Crippen molar-refractivity contribution >= 4 is 23.3 Å². The number of rotatable bonds is 5. The number of carbonyl (C=O) groups is 2. The molecule has 1 saturated heterocycles. The van der Waals surface area contributed by atoms with Crippen LogP contribution in [0.15, 0.2) is 30.3 Å². The molecule has 1 atom stereocenters. The van der Waals surface area contributed by atoms with Gasteiger partial charge in [0.1, 0.15) is 0 Å². The molecular weight excluding hydrogens is 356 g/mol. The number of nitrogens with zero attached hydrogens (tertiary/aromatic N) is 2. The standard InChI is InChI=1S/C21H26N4O3/c1-13-10-14(2)23-20(28-4)18(13)12-22-21(27)24-16-6-5-7-17(11-16)25-15(3)8-9-19(25)26/h5-7,10-11,15H,8-9,12H2,1-4H3,(H2,22,24,27)/t15-/m0/s1. The molecule has 2 heterocycles. The van der Waals surface area contributed by atoms with Gasteiger partial charge in [-0.1, -0.05) is 6.07 Å². The Balaban J connectivity index is 1.66. The van der Waals surface area contributed by atoms with Crippen LogP contribution in [0.5, 0.6) is 5.88 Å². The van der Waals surface area contributed by atoms with Gasteiger partial charge >= 0.3 is 6.03 Å². The Bertz CT molecular complexity index is 897. The highest BCUT2D eigenvalue weighted by Crippen LogP contribution is 2.28. The molecule has 3 rings (SSSR count). The molecule has 2 aromatic rings. The molecule has 7 nitrogen and oxygen atoms in total. The minimum atomic E-state index is -0.333. The van der Waals surface area contributed by atoms with E-state index < -0.39 is 0 Å². The molecule has 148 valence electrons. The van der Waals surface area contributed by atoms with Gasteiger partial charge in [-0.25, -0.2) is 9.78 Å². The molecule has 1 aliphatic heterocycles. The average molecular weight is 382 g/mol. The number of hydrogen-bond donors (Lipinski definition) is 2. The van der Waals surface area contributed by atoms with Crippen molar-refractivity contribution in [2.75, 3.05) is 17.3 Å². The predicted molar refractivity (Wildman–Crippen MR) is 109 cm³/mol. The number of ether oxygens (including phenoxy) is 1. The minimum Gasteiger partial charge on any atom is -0.481 e. The van der Waals surface area contributed by atoms with E-state index in [1.807, 2.05) is 45.0 Å². The summed E-state index contributed by atoms with van der Waals surface area (Å²) in [5, 5.41) is 5.66. The van der Waals surface area contributed by atoms with Crippen molar-refractivity contribution in [3.8, 4) is 5.88 Å². The topological polar surface area (TPSA) is 83.6 Å². The van der Waals surface area contributed by atoms with E-state index in [2.05, 4.69) is 15.6 Å². The first-order chi connectivity index (χ1) is 13.4. The van der Waals surface area contributed by atoms with Crippen molar-refractivity contribution in [2.45, 2.75) is 46.2 Å². The fourth-order valence-corrected chi connectivity index (χ4v) is 3.52. The van der Waals surface area contributed by atoms with Crippen LogP contribution in [0.4, 0.5) is 16.2 Å². The van der Waals surface area contributed by atoms with Gasteiger partial charge < -0.3 is 20.3 Å². The maximum Gasteiger partial charge on any atom is 0.319 e. The number of anilines is 2. The normalized spacial score (nSPS) is 16.2. The van der Waals surface area contributed by atoms with Gasteiger partial charge in [-0.3, -0.25) is 4.79 Å². The fraction of sp³-hybridized carbons (Fsp3) is 0.381. The van der Waals surface area contributed by atoms with Crippen LogP contribution in [0.2, 0.25) is 0 Å². The first kappa shape index (κ1) is 19.7. The van der Waals surface area contributed by atoms with E-state index in [4.69, 9.17) is 4.74 Å². The monoisotopic (exact) mass is 382 g/mol. The second-order valence-corrected chi connectivity index (χ2v) is 7.08. The Labute approximate surface area is 165 Å². The first-order valence-corrected chi connectivity index (χ1v) is 9.37. The number of hydrogen-bond acceptors (Lipinski definition) is 4. The zero-order chi connectivity index (χ0) is 20.3. The van der Waals surface area contributed by atoms with Gasteiger partial charge in [0.05, 0.1) is 13.7 Å². The molecule has 1 aromatic carbocycles. The predicted octanol–water partition coefficient (Wildman–Crippen LogP) is 3.54. The molecule has 1 aromatic heterocycles. The Hall–Kier alpha value is -3.09. The van der Waals surface area contributed by atoms with E-state index in [9.17, 15) is 9.59 Å². The quantitative estimate of drug-likeness (QED) is 0.828. The number of urea groups is 1. The Kier molecular flexibility index (Phi) is 5.82. The Morgan fingerprint density at radius 3 is 2.79 bits per heavy atom. The summed E-state index contributed by atoms with van der Waals surface area (Å²) in [4.78, 5) is 30.6. The molecule has 1 aliphatic rings. The van der Waals surface area contributed by atoms with Crippen molar-refractivity contribution in [1.82, 2.24) is 10.3 Å². The molecule has 0 spiro atoms. The number of pyridine rings is 1. The highest BCUT2D eigenvalue weighted by molar-refractivity contribution is 5.97. The number of nitrogens with one attached hydrogen (secondary N) is 2. The fourth-order valence-electron chi connectivity index (χ4n) is 3.52. The third-order valence-electron chi connectivity index (χ3n) is 4.92. The minimum absolute atomic E-state index is 0.114. The summed E-state index contributed by atoms with van der Waals surface area (Å²) in [5.74, 6) is 0.630. The lowest BCUT2D eigenvalue weighted by Crippen LogP contribution is -2.31. The molecule has 0 aliphatic carbocycles. The summed E-state index contributed by atoms with van der Waals surface area (Å²) < 4.78 is 5.33. The van der Waals surface area contributed by atoms with Crippen molar-refractivity contribution in [3.05, 3.63) is 47.2 Å². The number of aromatic nitrogens is 1. The largest absolute Gasteiger partial charge is 0.481 e. The SMILES string of the molecule is COc1nc(C)cc(C)c1CNC(=O)Nc1cccc(N2C(=O)CC[C@@H]2C)c1. The van der Waals surface area contributed by atoms with Crippen LogP contribution in [0.1, 0.15) is 36.6 Å². The number of benzene rings is 1. The van der Waals surface area contributed by atoms with E-state index in [-0.39, 0.29) is 18.0 Å². The van der Waals surface area contributed by atoms with Crippen molar-refractivity contribution in [3.63, 3.8) is 0 Å².